The first-order valence-electron chi connectivity index (χ1n) is 11.1. The highest BCUT2D eigenvalue weighted by Gasteiger charge is 2.56. The molecule has 29 heavy (non-hydrogen) atoms. The summed E-state index contributed by atoms with van der Waals surface area (Å²) < 4.78 is 11.2. The minimum atomic E-state index is -0.222. The molecule has 0 saturated heterocycles. The maximum absolute atomic E-state index is 12.1. The second kappa shape index (κ2) is 6.21. The largest absolute Gasteiger partial charge is 0.454 e. The second-order valence-corrected chi connectivity index (χ2v) is 9.79. The van der Waals surface area contributed by atoms with E-state index in [9.17, 15) is 9.90 Å². The third-order valence-electron chi connectivity index (χ3n) is 8.48. The van der Waals surface area contributed by atoms with Gasteiger partial charge in [-0.05, 0) is 90.7 Å². The van der Waals surface area contributed by atoms with Crippen molar-refractivity contribution in [1.82, 2.24) is 0 Å². The van der Waals surface area contributed by atoms with Gasteiger partial charge in [0.15, 0.2) is 17.3 Å². The lowest BCUT2D eigenvalue weighted by atomic mass is 9.53. The Morgan fingerprint density at radius 3 is 2.83 bits per heavy atom. The molecule has 0 spiro atoms. The van der Waals surface area contributed by atoms with Gasteiger partial charge in [-0.15, -0.1) is 0 Å². The summed E-state index contributed by atoms with van der Waals surface area (Å²) in [7, 11) is 0. The van der Waals surface area contributed by atoms with E-state index in [4.69, 9.17) is 9.47 Å². The van der Waals surface area contributed by atoms with E-state index in [-0.39, 0.29) is 30.0 Å². The van der Waals surface area contributed by atoms with Gasteiger partial charge in [0.05, 0.1) is 6.10 Å². The van der Waals surface area contributed by atoms with Gasteiger partial charge in [-0.3, -0.25) is 4.79 Å². The molecule has 4 heteroatoms. The molecular formula is C25H28O4. The molecule has 1 heterocycles. The van der Waals surface area contributed by atoms with Crippen molar-refractivity contribution in [2.24, 2.45) is 17.3 Å². The monoisotopic (exact) mass is 392 g/mol. The average molecular weight is 392 g/mol. The smallest absolute Gasteiger partial charge is 0.231 e. The zero-order chi connectivity index (χ0) is 19.8. The summed E-state index contributed by atoms with van der Waals surface area (Å²) in [5.74, 6) is 3.26. The Morgan fingerprint density at radius 2 is 1.93 bits per heavy atom. The molecule has 2 saturated carbocycles. The number of ketones is 1. The van der Waals surface area contributed by atoms with Gasteiger partial charge in [-0.25, -0.2) is 0 Å². The molecule has 0 aromatic heterocycles. The van der Waals surface area contributed by atoms with Crippen LogP contribution in [0.2, 0.25) is 0 Å². The first-order valence-corrected chi connectivity index (χ1v) is 11.1. The van der Waals surface area contributed by atoms with Crippen molar-refractivity contribution in [3.63, 3.8) is 0 Å². The van der Waals surface area contributed by atoms with Crippen LogP contribution in [0.3, 0.4) is 0 Å². The van der Waals surface area contributed by atoms with Crippen molar-refractivity contribution in [3.8, 4) is 11.5 Å². The first-order chi connectivity index (χ1) is 14.0. The number of fused-ring (bicyclic) bond motifs is 5. The first kappa shape index (κ1) is 17.8. The second-order valence-electron chi connectivity index (χ2n) is 9.79. The average Bonchev–Trinajstić information content (AvgIpc) is 3.30. The molecule has 4 unspecified atom stereocenters. The van der Waals surface area contributed by atoms with Gasteiger partial charge < -0.3 is 14.6 Å². The van der Waals surface area contributed by atoms with E-state index in [2.05, 4.69) is 19.1 Å². The number of allylic oxidation sites excluding steroid dienone is 4. The van der Waals surface area contributed by atoms with Gasteiger partial charge in [0, 0.05) is 12.3 Å². The summed E-state index contributed by atoms with van der Waals surface area (Å²) in [4.78, 5) is 12.1. The van der Waals surface area contributed by atoms with E-state index in [0.29, 0.717) is 18.3 Å². The fourth-order valence-electron chi connectivity index (χ4n) is 7.06. The number of aliphatic hydroxyl groups excluding tert-OH is 1. The number of aliphatic hydroxyl groups is 1. The molecule has 0 amide bonds. The van der Waals surface area contributed by atoms with Gasteiger partial charge in [0.2, 0.25) is 6.79 Å². The normalized spacial score (nSPS) is 37.7. The van der Waals surface area contributed by atoms with E-state index in [1.807, 2.05) is 12.1 Å². The van der Waals surface area contributed by atoms with Crippen LogP contribution in [0.1, 0.15) is 63.4 Å². The summed E-state index contributed by atoms with van der Waals surface area (Å²) in [6, 6.07) is 6.36. The lowest BCUT2D eigenvalue weighted by Gasteiger charge is -2.52. The lowest BCUT2D eigenvalue weighted by molar-refractivity contribution is -0.114. The predicted molar refractivity (Wildman–Crippen MR) is 109 cm³/mol. The molecule has 1 N–H and O–H groups in total. The summed E-state index contributed by atoms with van der Waals surface area (Å²) in [6.07, 6.45) is 8.31. The maximum atomic E-state index is 12.1. The van der Waals surface area contributed by atoms with E-state index in [0.717, 1.165) is 50.0 Å². The van der Waals surface area contributed by atoms with Gasteiger partial charge in [-0.1, -0.05) is 18.6 Å². The van der Waals surface area contributed by atoms with E-state index in [1.54, 1.807) is 5.57 Å². The molecule has 5 atom stereocenters. The summed E-state index contributed by atoms with van der Waals surface area (Å²) in [6.45, 7) is 2.60. The predicted octanol–water partition coefficient (Wildman–Crippen LogP) is 4.68. The van der Waals surface area contributed by atoms with Crippen LogP contribution in [0.25, 0.3) is 0 Å². The van der Waals surface area contributed by atoms with E-state index in [1.165, 1.54) is 16.7 Å². The Hall–Kier alpha value is -2.07. The van der Waals surface area contributed by atoms with Crippen LogP contribution in [-0.4, -0.2) is 23.8 Å². The number of carbonyl (C=O) groups is 1. The Bertz CT molecular complexity index is 958. The van der Waals surface area contributed by atoms with Crippen molar-refractivity contribution in [1.29, 1.82) is 0 Å². The molecule has 1 aromatic rings. The minimum Gasteiger partial charge on any atom is -0.454 e. The molecule has 2 fully saturated rings. The fourth-order valence-corrected chi connectivity index (χ4v) is 7.06. The molecule has 0 radical (unpaired) electrons. The third kappa shape index (κ3) is 2.51. The number of benzene rings is 1. The number of hydrogen-bond acceptors (Lipinski definition) is 4. The van der Waals surface area contributed by atoms with Crippen LogP contribution >= 0.6 is 0 Å². The molecule has 1 aromatic carbocycles. The number of carbonyl (C=O) groups excluding carboxylic acids is 1. The van der Waals surface area contributed by atoms with E-state index < -0.39 is 0 Å². The lowest BCUT2D eigenvalue weighted by Crippen LogP contribution is -2.45. The highest BCUT2D eigenvalue weighted by Crippen LogP contribution is 2.64. The van der Waals surface area contributed by atoms with Crippen molar-refractivity contribution < 1.29 is 19.4 Å². The van der Waals surface area contributed by atoms with Gasteiger partial charge in [-0.2, -0.15) is 0 Å². The quantitative estimate of drug-likeness (QED) is 0.754. The van der Waals surface area contributed by atoms with Crippen LogP contribution in [0.5, 0.6) is 11.5 Å². The van der Waals surface area contributed by atoms with Gasteiger partial charge in [0.25, 0.3) is 0 Å². The van der Waals surface area contributed by atoms with Crippen LogP contribution in [0, 0.1) is 17.3 Å². The number of ether oxygens (including phenoxy) is 2. The van der Waals surface area contributed by atoms with Gasteiger partial charge >= 0.3 is 0 Å². The molecule has 5 aliphatic rings. The Balaban J connectivity index is 1.52. The fraction of sp³-hybridized carbons (Fsp3) is 0.560. The van der Waals surface area contributed by atoms with Crippen LogP contribution in [0.4, 0.5) is 0 Å². The Morgan fingerprint density at radius 1 is 1.07 bits per heavy atom. The minimum absolute atomic E-state index is 0.0402. The summed E-state index contributed by atoms with van der Waals surface area (Å²) >= 11 is 0. The number of hydrogen-bond donors (Lipinski definition) is 1. The topological polar surface area (TPSA) is 55.8 Å². The summed E-state index contributed by atoms with van der Waals surface area (Å²) in [5.41, 5.74) is 5.51. The molecule has 4 nitrogen and oxygen atoms in total. The Kier molecular flexibility index (Phi) is 3.80. The standard InChI is InChI=1S/C25H28O4/c1-25-12-19(15-3-8-21-22(11-15)29-13-28-21)24-17-6-4-16(26)10-14(17)2-5-18(24)20(25)7-9-23(25)27/h3,8,10-11,18-20,23,27H,2,4-7,9,12-13H2,1H3/t18?,19-,20?,23?,25?/m1/s1. The molecule has 0 bridgehead atoms. The SMILES string of the molecule is CC12C[C@H](c3ccc4c(c3)OCO4)C3=C4CCC(=O)C=C4CCC3C1CCC2O. The Labute approximate surface area is 171 Å². The van der Waals surface area contributed by atoms with Gasteiger partial charge in [0.1, 0.15) is 0 Å². The highest BCUT2D eigenvalue weighted by atomic mass is 16.7. The van der Waals surface area contributed by atoms with Crippen LogP contribution < -0.4 is 9.47 Å². The highest BCUT2D eigenvalue weighted by molar-refractivity contribution is 5.93. The zero-order valence-corrected chi connectivity index (χ0v) is 16.9. The van der Waals surface area contributed by atoms with Crippen molar-refractivity contribution in [2.45, 2.75) is 63.9 Å². The van der Waals surface area contributed by atoms with Crippen molar-refractivity contribution in [3.05, 3.63) is 46.6 Å². The maximum Gasteiger partial charge on any atom is 0.231 e. The number of rotatable bonds is 1. The van der Waals surface area contributed by atoms with Crippen molar-refractivity contribution >= 4 is 5.78 Å². The molecule has 6 rings (SSSR count). The van der Waals surface area contributed by atoms with Crippen molar-refractivity contribution in [2.75, 3.05) is 6.79 Å². The molecule has 152 valence electrons. The summed E-state index contributed by atoms with van der Waals surface area (Å²) in [5, 5.41) is 10.9. The van der Waals surface area contributed by atoms with Crippen LogP contribution in [0.15, 0.2) is 41.0 Å². The molecule has 1 aliphatic heterocycles. The van der Waals surface area contributed by atoms with Crippen LogP contribution in [-0.2, 0) is 4.79 Å². The molecule has 4 aliphatic carbocycles. The van der Waals surface area contributed by atoms with E-state index >= 15 is 0 Å². The molecular weight excluding hydrogens is 364 g/mol. The zero-order valence-electron chi connectivity index (χ0n) is 16.9. The third-order valence-corrected chi connectivity index (χ3v) is 8.48.